The fraction of sp³-hybridized carbons (Fsp3) is 0. The van der Waals surface area contributed by atoms with Crippen LogP contribution >= 0.6 is 0 Å². The molecule has 2 heterocycles. The van der Waals surface area contributed by atoms with Crippen molar-refractivity contribution in [3.05, 3.63) is 231 Å². The van der Waals surface area contributed by atoms with Gasteiger partial charge in [0.25, 0.3) is 0 Å². The summed E-state index contributed by atoms with van der Waals surface area (Å²) in [7, 11) is 0. The minimum absolute atomic E-state index is 1.15. The van der Waals surface area contributed by atoms with Crippen molar-refractivity contribution in [3.8, 4) is 44.8 Å². The highest BCUT2D eigenvalue weighted by atomic mass is 15.0. The van der Waals surface area contributed by atoms with Gasteiger partial charge in [0.1, 0.15) is 0 Å². The molecule has 14 aromatic rings. The third-order valence-electron chi connectivity index (χ3n) is 13.9. The molecule has 2 aromatic heterocycles. The van der Waals surface area contributed by atoms with Crippen molar-refractivity contribution in [2.75, 3.05) is 0 Å². The molecule has 0 bridgehead atoms. The van der Waals surface area contributed by atoms with Crippen molar-refractivity contribution in [2.24, 2.45) is 0 Å². The maximum Gasteiger partial charge on any atom is 0.0541 e. The third-order valence-corrected chi connectivity index (χ3v) is 13.9. The molecule has 0 N–H and O–H groups in total. The van der Waals surface area contributed by atoms with Gasteiger partial charge in [0.05, 0.1) is 22.1 Å². The van der Waals surface area contributed by atoms with E-state index >= 15 is 0 Å². The van der Waals surface area contributed by atoms with Gasteiger partial charge in [-0.3, -0.25) is 0 Å². The summed E-state index contributed by atoms with van der Waals surface area (Å²) in [6, 6.07) is 85.5. The topological polar surface area (TPSA) is 9.86 Å². The van der Waals surface area contributed by atoms with E-state index in [-0.39, 0.29) is 0 Å². The Kier molecular flexibility index (Phi) is 7.43. The maximum absolute atomic E-state index is 2.46. The van der Waals surface area contributed by atoms with Gasteiger partial charge >= 0.3 is 0 Å². The van der Waals surface area contributed by atoms with Gasteiger partial charge < -0.3 is 9.13 Å². The molecule has 0 aliphatic heterocycles. The van der Waals surface area contributed by atoms with E-state index in [1.165, 1.54) is 120 Å². The molecule has 14 rings (SSSR count). The van der Waals surface area contributed by atoms with Crippen LogP contribution in [0.3, 0.4) is 0 Å². The average molecular weight is 811 g/mol. The van der Waals surface area contributed by atoms with E-state index in [1.807, 2.05) is 0 Å². The van der Waals surface area contributed by atoms with Crippen LogP contribution in [0.1, 0.15) is 0 Å². The Bertz CT molecular complexity index is 4090. The second-order valence-electron chi connectivity index (χ2n) is 17.2. The first-order valence-corrected chi connectivity index (χ1v) is 22.2. The number of hydrogen-bond acceptors (Lipinski definition) is 0. The Hall–Kier alpha value is -8.46. The molecule has 0 unspecified atom stereocenters. The highest BCUT2D eigenvalue weighted by molar-refractivity contribution is 6.30. The summed E-state index contributed by atoms with van der Waals surface area (Å²) in [6.07, 6.45) is 0. The van der Waals surface area contributed by atoms with Crippen LogP contribution in [0, 0.1) is 0 Å². The fourth-order valence-electron chi connectivity index (χ4n) is 11.1. The normalized spacial score (nSPS) is 12.1. The number of para-hydroxylation sites is 4. The van der Waals surface area contributed by atoms with E-state index in [0.717, 1.165) is 11.4 Å². The van der Waals surface area contributed by atoms with Crippen LogP contribution in [-0.2, 0) is 0 Å². The zero-order valence-electron chi connectivity index (χ0n) is 34.8. The Morgan fingerprint density at radius 1 is 0.219 bits per heavy atom. The van der Waals surface area contributed by atoms with Crippen molar-refractivity contribution in [1.29, 1.82) is 0 Å². The van der Waals surface area contributed by atoms with Gasteiger partial charge in [0.2, 0.25) is 0 Å². The van der Waals surface area contributed by atoms with Gasteiger partial charge in [-0.1, -0.05) is 176 Å². The summed E-state index contributed by atoms with van der Waals surface area (Å²) in [4.78, 5) is 0. The van der Waals surface area contributed by atoms with Crippen molar-refractivity contribution in [3.63, 3.8) is 0 Å². The van der Waals surface area contributed by atoms with Crippen molar-refractivity contribution >= 4 is 86.7 Å². The summed E-state index contributed by atoms with van der Waals surface area (Å²) in [5.74, 6) is 0. The number of benzene rings is 12. The minimum Gasteiger partial charge on any atom is -0.309 e. The number of nitrogens with zero attached hydrogens (tertiary/aromatic N) is 2. The van der Waals surface area contributed by atoms with Gasteiger partial charge in [-0.05, 0) is 131 Å². The zero-order valence-corrected chi connectivity index (χ0v) is 34.8. The first kappa shape index (κ1) is 35.2. The summed E-state index contributed by atoms with van der Waals surface area (Å²) in [5, 5.41) is 15.2. The van der Waals surface area contributed by atoms with E-state index in [4.69, 9.17) is 0 Å². The van der Waals surface area contributed by atoms with Gasteiger partial charge in [0.15, 0.2) is 0 Å². The van der Waals surface area contributed by atoms with Crippen LogP contribution in [-0.4, -0.2) is 9.13 Å². The third kappa shape index (κ3) is 5.02. The molecule has 2 heteroatoms. The van der Waals surface area contributed by atoms with Gasteiger partial charge in [-0.25, -0.2) is 0 Å². The molecule has 0 amide bonds. The summed E-state index contributed by atoms with van der Waals surface area (Å²) in [5.41, 5.74) is 14.5. The number of rotatable bonds is 5. The summed E-state index contributed by atoms with van der Waals surface area (Å²) in [6.45, 7) is 0. The van der Waals surface area contributed by atoms with E-state index in [9.17, 15) is 0 Å². The minimum atomic E-state index is 1.15. The second kappa shape index (κ2) is 13.5. The molecule has 0 fully saturated rings. The number of aromatic nitrogens is 2. The fourth-order valence-corrected chi connectivity index (χ4v) is 11.1. The van der Waals surface area contributed by atoms with Crippen LogP contribution in [0.2, 0.25) is 0 Å². The van der Waals surface area contributed by atoms with Gasteiger partial charge in [0, 0.05) is 32.9 Å². The maximum atomic E-state index is 2.46. The first-order valence-electron chi connectivity index (χ1n) is 22.2. The second-order valence-corrected chi connectivity index (χ2v) is 17.2. The Balaban J connectivity index is 1.03. The Morgan fingerprint density at radius 3 is 1.25 bits per heavy atom. The largest absolute Gasteiger partial charge is 0.309 e. The molecule has 0 atom stereocenters. The highest BCUT2D eigenvalue weighted by Crippen LogP contribution is 2.48. The molecule has 64 heavy (non-hydrogen) atoms. The van der Waals surface area contributed by atoms with Crippen molar-refractivity contribution in [2.45, 2.75) is 0 Å². The molecule has 296 valence electrons. The molecule has 2 nitrogen and oxygen atoms in total. The zero-order chi connectivity index (χ0) is 41.9. The summed E-state index contributed by atoms with van der Waals surface area (Å²) < 4.78 is 4.84. The lowest BCUT2D eigenvalue weighted by molar-refractivity contribution is 1.18. The van der Waals surface area contributed by atoms with Crippen LogP contribution in [0.5, 0.6) is 0 Å². The lowest BCUT2D eigenvalue weighted by Crippen LogP contribution is -1.96. The Morgan fingerprint density at radius 2 is 0.656 bits per heavy atom. The van der Waals surface area contributed by atoms with Gasteiger partial charge in [-0.15, -0.1) is 0 Å². The lowest BCUT2D eigenvalue weighted by atomic mass is 9.83. The van der Waals surface area contributed by atoms with E-state index in [1.54, 1.807) is 0 Å². The van der Waals surface area contributed by atoms with Crippen LogP contribution < -0.4 is 0 Å². The molecular weight excluding hydrogens is 773 g/mol. The molecule has 0 aliphatic carbocycles. The monoisotopic (exact) mass is 810 g/mol. The Labute approximate surface area is 369 Å². The van der Waals surface area contributed by atoms with Crippen LogP contribution in [0.25, 0.3) is 131 Å². The average Bonchev–Trinajstić information content (AvgIpc) is 3.88. The number of fused-ring (bicyclic) bond motifs is 7. The van der Waals surface area contributed by atoms with Crippen molar-refractivity contribution in [1.82, 2.24) is 9.13 Å². The molecular formula is C62H38N2. The quantitative estimate of drug-likeness (QED) is 0.153. The van der Waals surface area contributed by atoms with Crippen LogP contribution in [0.15, 0.2) is 231 Å². The summed E-state index contributed by atoms with van der Waals surface area (Å²) >= 11 is 0. The molecule has 0 aliphatic rings. The van der Waals surface area contributed by atoms with E-state index in [0.29, 0.717) is 0 Å². The first-order chi connectivity index (χ1) is 31.8. The van der Waals surface area contributed by atoms with E-state index < -0.39 is 0 Å². The van der Waals surface area contributed by atoms with Crippen LogP contribution in [0.4, 0.5) is 0 Å². The SMILES string of the molecule is c1cc(-c2ccc3ccc4c(-c5cccc(-n6c7ccccc7c7ccccc76)c5)cc(-c5cccc6ccccc56)c5ccc2c3c45)cc(-n2c3ccccc3c3ccccc32)c1. The molecule has 0 saturated heterocycles. The van der Waals surface area contributed by atoms with Gasteiger partial charge in [-0.2, -0.15) is 0 Å². The predicted octanol–water partition coefficient (Wildman–Crippen LogP) is 16.9. The molecule has 0 radical (unpaired) electrons. The van der Waals surface area contributed by atoms with Crippen molar-refractivity contribution < 1.29 is 0 Å². The highest BCUT2D eigenvalue weighted by Gasteiger charge is 2.21. The molecule has 0 spiro atoms. The molecule has 12 aromatic carbocycles. The van der Waals surface area contributed by atoms with E-state index in [2.05, 4.69) is 240 Å². The number of hydrogen-bond donors (Lipinski definition) is 0. The predicted molar refractivity (Wildman–Crippen MR) is 273 cm³/mol. The lowest BCUT2D eigenvalue weighted by Gasteiger charge is -2.21. The smallest absolute Gasteiger partial charge is 0.0541 e. The molecule has 0 saturated carbocycles. The standard InChI is InChI=1S/C62H38N2/c1-2-20-45-39(14-1)15-13-25-47(45)56-38-55(42-17-12-19-44(37-42)64-59-28-9-5-23-50(59)51-24-6-10-29-60(51)64)53-33-31-40-30-32-46(52-34-35-54(56)62(53)61(40)52)41-16-11-18-43(36-41)63-57-26-7-3-21-48(57)49-22-4-8-27-58(49)63/h1-38H.